The average Bonchev–Trinajstić information content (AvgIpc) is 2.77. The van der Waals surface area contributed by atoms with Gasteiger partial charge in [0.1, 0.15) is 5.82 Å². The first-order valence-corrected chi connectivity index (χ1v) is 9.49. The summed E-state index contributed by atoms with van der Waals surface area (Å²) in [4.78, 5) is 24.8. The van der Waals surface area contributed by atoms with Crippen molar-refractivity contribution in [3.05, 3.63) is 50.8 Å². The highest BCUT2D eigenvalue weighted by atomic mass is 35.5. The molecule has 1 aliphatic rings. The van der Waals surface area contributed by atoms with Gasteiger partial charge in [0.25, 0.3) is 5.56 Å². The molecule has 0 radical (unpaired) electrons. The van der Waals surface area contributed by atoms with Gasteiger partial charge >= 0.3 is 0 Å². The Bertz CT molecular complexity index is 793. The van der Waals surface area contributed by atoms with Crippen molar-refractivity contribution in [1.82, 2.24) is 9.78 Å². The molecule has 1 aliphatic heterocycles. The maximum atomic E-state index is 12.7. The summed E-state index contributed by atoms with van der Waals surface area (Å²) in [7, 11) is 0. The molecular formula is C17H20ClN3O2S. The van der Waals surface area contributed by atoms with Gasteiger partial charge in [0.15, 0.2) is 0 Å². The number of nitrogens with one attached hydrogen (secondary N) is 2. The number of rotatable bonds is 4. The summed E-state index contributed by atoms with van der Waals surface area (Å²) in [6, 6.07) is 7.59. The normalized spacial score (nSPS) is 17.5. The van der Waals surface area contributed by atoms with Crippen LogP contribution in [0.2, 0.25) is 5.02 Å². The zero-order valence-electron chi connectivity index (χ0n) is 13.6. The number of carbonyl (C=O) groups excluding carboxylic acids is 1. The van der Waals surface area contributed by atoms with E-state index >= 15 is 0 Å². The van der Waals surface area contributed by atoms with Crippen LogP contribution in [0, 0.1) is 0 Å². The van der Waals surface area contributed by atoms with Gasteiger partial charge in [-0.25, -0.2) is 0 Å². The molecule has 0 aliphatic carbocycles. The number of benzene rings is 1. The molecule has 0 spiro atoms. The number of H-pyrrole nitrogens is 1. The van der Waals surface area contributed by atoms with Gasteiger partial charge < -0.3 is 5.32 Å². The zero-order chi connectivity index (χ0) is 17.3. The van der Waals surface area contributed by atoms with E-state index in [2.05, 4.69) is 24.3 Å². The van der Waals surface area contributed by atoms with Gasteiger partial charge in [-0.15, -0.1) is 11.8 Å². The summed E-state index contributed by atoms with van der Waals surface area (Å²) in [5, 5.41) is 6.29. The third-order valence-corrected chi connectivity index (χ3v) is 5.87. The summed E-state index contributed by atoms with van der Waals surface area (Å²) < 4.78 is 1.82. The van der Waals surface area contributed by atoms with Crippen LogP contribution >= 0.6 is 23.4 Å². The monoisotopic (exact) mass is 365 g/mol. The van der Waals surface area contributed by atoms with Crippen LogP contribution in [-0.4, -0.2) is 21.4 Å². The van der Waals surface area contributed by atoms with Crippen LogP contribution in [0.1, 0.15) is 49.1 Å². The van der Waals surface area contributed by atoms with E-state index in [-0.39, 0.29) is 22.8 Å². The summed E-state index contributed by atoms with van der Waals surface area (Å²) in [6.45, 7) is 4.14. The molecule has 0 fully saturated rings. The molecule has 0 bridgehead atoms. The molecule has 2 aromatic rings. The smallest absolute Gasteiger partial charge is 0.270 e. The number of hydrogen-bond donors (Lipinski definition) is 2. The van der Waals surface area contributed by atoms with E-state index in [9.17, 15) is 9.59 Å². The van der Waals surface area contributed by atoms with E-state index in [1.165, 1.54) is 11.8 Å². The van der Waals surface area contributed by atoms with Gasteiger partial charge in [0, 0.05) is 5.02 Å². The number of amides is 1. The highest BCUT2D eigenvalue weighted by Crippen LogP contribution is 2.40. The van der Waals surface area contributed by atoms with Gasteiger partial charge in [-0.05, 0) is 30.5 Å². The van der Waals surface area contributed by atoms with E-state index in [0.717, 1.165) is 18.4 Å². The maximum absolute atomic E-state index is 12.7. The fraction of sp³-hybridized carbons (Fsp3) is 0.412. The lowest BCUT2D eigenvalue weighted by Gasteiger charge is -2.18. The van der Waals surface area contributed by atoms with Crippen molar-refractivity contribution in [2.45, 2.75) is 38.0 Å². The molecule has 0 saturated heterocycles. The van der Waals surface area contributed by atoms with Gasteiger partial charge in [0.2, 0.25) is 5.91 Å². The molecular weight excluding hydrogens is 346 g/mol. The number of aromatic amines is 1. The lowest BCUT2D eigenvalue weighted by Crippen LogP contribution is -2.19. The Morgan fingerprint density at radius 1 is 1.25 bits per heavy atom. The maximum Gasteiger partial charge on any atom is 0.270 e. The SMILES string of the molecule is CCC(CC)n1[nH]c(=O)c2c1NC(=O)CSC2c1ccc(Cl)cc1. The summed E-state index contributed by atoms with van der Waals surface area (Å²) in [6.07, 6.45) is 1.75. The molecule has 1 unspecified atom stereocenters. The Hall–Kier alpha value is -1.66. The molecule has 2 heterocycles. The van der Waals surface area contributed by atoms with Crippen molar-refractivity contribution in [2.24, 2.45) is 0 Å². The summed E-state index contributed by atoms with van der Waals surface area (Å²) in [5.41, 5.74) is 1.43. The van der Waals surface area contributed by atoms with Crippen molar-refractivity contribution in [3.8, 4) is 0 Å². The van der Waals surface area contributed by atoms with Crippen molar-refractivity contribution >= 4 is 35.1 Å². The number of fused-ring (bicyclic) bond motifs is 1. The zero-order valence-corrected chi connectivity index (χ0v) is 15.2. The van der Waals surface area contributed by atoms with Crippen LogP contribution in [-0.2, 0) is 4.79 Å². The highest BCUT2D eigenvalue weighted by Gasteiger charge is 2.31. The van der Waals surface area contributed by atoms with Crippen molar-refractivity contribution < 1.29 is 4.79 Å². The van der Waals surface area contributed by atoms with Crippen LogP contribution in [0.3, 0.4) is 0 Å². The first kappa shape index (κ1) is 17.2. The lowest BCUT2D eigenvalue weighted by atomic mass is 10.1. The van der Waals surface area contributed by atoms with Crippen molar-refractivity contribution in [2.75, 3.05) is 11.1 Å². The number of hydrogen-bond acceptors (Lipinski definition) is 3. The van der Waals surface area contributed by atoms with Crippen LogP contribution in [0.15, 0.2) is 29.1 Å². The molecule has 1 aromatic heterocycles. The molecule has 1 atom stereocenters. The fourth-order valence-corrected chi connectivity index (χ4v) is 4.32. The molecule has 24 heavy (non-hydrogen) atoms. The lowest BCUT2D eigenvalue weighted by molar-refractivity contribution is -0.113. The molecule has 5 nitrogen and oxygen atoms in total. The Morgan fingerprint density at radius 3 is 2.54 bits per heavy atom. The topological polar surface area (TPSA) is 66.9 Å². The second-order valence-electron chi connectivity index (χ2n) is 5.83. The molecule has 3 rings (SSSR count). The van der Waals surface area contributed by atoms with Gasteiger partial charge in [-0.3, -0.25) is 19.4 Å². The molecule has 1 amide bonds. The van der Waals surface area contributed by atoms with Crippen LogP contribution in [0.4, 0.5) is 5.82 Å². The van der Waals surface area contributed by atoms with E-state index in [1.54, 1.807) is 0 Å². The Balaban J connectivity index is 2.15. The second-order valence-corrected chi connectivity index (χ2v) is 7.36. The quantitative estimate of drug-likeness (QED) is 0.861. The van der Waals surface area contributed by atoms with Crippen molar-refractivity contribution in [1.29, 1.82) is 0 Å². The second kappa shape index (κ2) is 7.07. The number of anilines is 1. The van der Waals surface area contributed by atoms with Crippen LogP contribution in [0.25, 0.3) is 0 Å². The minimum Gasteiger partial charge on any atom is -0.310 e. The standard InChI is InChI=1S/C17H20ClN3O2S/c1-3-12(4-2)21-16-14(17(23)20-21)15(24-9-13(22)19-16)10-5-7-11(18)8-6-10/h5-8,12,15H,3-4,9H2,1-2H3,(H,19,22)(H,20,23). The number of halogens is 1. The van der Waals surface area contributed by atoms with E-state index in [0.29, 0.717) is 22.2 Å². The Morgan fingerprint density at radius 2 is 1.92 bits per heavy atom. The first-order chi connectivity index (χ1) is 11.5. The molecule has 7 heteroatoms. The predicted molar refractivity (Wildman–Crippen MR) is 99.1 cm³/mol. The van der Waals surface area contributed by atoms with Gasteiger partial charge in [-0.2, -0.15) is 0 Å². The van der Waals surface area contributed by atoms with Crippen molar-refractivity contribution in [3.63, 3.8) is 0 Å². The van der Waals surface area contributed by atoms with Crippen LogP contribution < -0.4 is 10.9 Å². The molecule has 2 N–H and O–H groups in total. The predicted octanol–water partition coefficient (Wildman–Crippen LogP) is 3.97. The Kier molecular flexibility index (Phi) is 5.06. The number of nitrogens with zero attached hydrogens (tertiary/aromatic N) is 1. The minimum atomic E-state index is -0.199. The summed E-state index contributed by atoms with van der Waals surface area (Å²) >= 11 is 7.44. The van der Waals surface area contributed by atoms with E-state index < -0.39 is 0 Å². The number of thioether (sulfide) groups is 1. The largest absolute Gasteiger partial charge is 0.310 e. The molecule has 1 aromatic carbocycles. The van der Waals surface area contributed by atoms with Gasteiger partial charge in [0.05, 0.1) is 22.6 Å². The van der Waals surface area contributed by atoms with Crippen LogP contribution in [0.5, 0.6) is 0 Å². The summed E-state index contributed by atoms with van der Waals surface area (Å²) in [5.74, 6) is 0.824. The fourth-order valence-electron chi connectivity index (χ4n) is 3.07. The average molecular weight is 366 g/mol. The highest BCUT2D eigenvalue weighted by molar-refractivity contribution is 8.00. The van der Waals surface area contributed by atoms with E-state index in [4.69, 9.17) is 11.6 Å². The minimum absolute atomic E-state index is 0.0866. The molecule has 0 saturated carbocycles. The first-order valence-electron chi connectivity index (χ1n) is 8.06. The molecule has 128 valence electrons. The number of aromatic nitrogens is 2. The third-order valence-electron chi connectivity index (χ3n) is 4.34. The number of carbonyl (C=O) groups is 1. The Labute approximate surface area is 149 Å². The third kappa shape index (κ3) is 3.13. The van der Waals surface area contributed by atoms with E-state index in [1.807, 2.05) is 28.9 Å². The van der Waals surface area contributed by atoms with Gasteiger partial charge in [-0.1, -0.05) is 37.6 Å².